The van der Waals surface area contributed by atoms with E-state index in [1.807, 2.05) is 18.2 Å². The van der Waals surface area contributed by atoms with Crippen LogP contribution in [0.5, 0.6) is 0 Å². The number of carbonyl (C=O) groups excluding carboxylic acids is 1. The van der Waals surface area contributed by atoms with Gasteiger partial charge < -0.3 is 5.32 Å². The van der Waals surface area contributed by atoms with Gasteiger partial charge >= 0.3 is 0 Å². The molecular weight excluding hydrogens is 210 g/mol. The molecule has 1 saturated carbocycles. The van der Waals surface area contributed by atoms with E-state index in [4.69, 9.17) is 11.6 Å². The maximum Gasteiger partial charge on any atom is 0.221 e. The minimum absolute atomic E-state index is 0.0634. The Kier molecular flexibility index (Phi) is 3.27. The average molecular weight is 224 g/mol. The van der Waals surface area contributed by atoms with E-state index < -0.39 is 0 Å². The largest absolute Gasteiger partial charge is 0.353 e. The van der Waals surface area contributed by atoms with Crippen LogP contribution in [0, 0.1) is 0 Å². The second-order valence-corrected chi connectivity index (χ2v) is 4.24. The lowest BCUT2D eigenvalue weighted by molar-refractivity contribution is -0.120. The summed E-state index contributed by atoms with van der Waals surface area (Å²) in [6.45, 7) is 0. The summed E-state index contributed by atoms with van der Waals surface area (Å²) in [7, 11) is 0. The van der Waals surface area contributed by atoms with Crippen LogP contribution in [0.1, 0.15) is 24.3 Å². The summed E-state index contributed by atoms with van der Waals surface area (Å²) >= 11 is 5.49. The van der Waals surface area contributed by atoms with Crippen molar-refractivity contribution in [3.8, 4) is 0 Å². The summed E-state index contributed by atoms with van der Waals surface area (Å²) in [4.78, 5) is 11.3. The monoisotopic (exact) mass is 223 g/mol. The SMILES string of the molecule is O=C(CCCl)NC1CC1c1ccccc1. The van der Waals surface area contributed by atoms with Crippen LogP contribution in [0.15, 0.2) is 30.3 Å². The van der Waals surface area contributed by atoms with Crippen molar-refractivity contribution >= 4 is 17.5 Å². The van der Waals surface area contributed by atoms with E-state index in [9.17, 15) is 4.79 Å². The van der Waals surface area contributed by atoms with Crippen LogP contribution in [0.25, 0.3) is 0 Å². The smallest absolute Gasteiger partial charge is 0.221 e. The third-order valence-corrected chi connectivity index (χ3v) is 2.88. The first-order valence-electron chi connectivity index (χ1n) is 5.21. The molecule has 2 unspecified atom stereocenters. The minimum atomic E-state index is 0.0634. The fraction of sp³-hybridized carbons (Fsp3) is 0.417. The van der Waals surface area contributed by atoms with Gasteiger partial charge in [-0.2, -0.15) is 0 Å². The van der Waals surface area contributed by atoms with Crippen LogP contribution in [0.3, 0.4) is 0 Å². The van der Waals surface area contributed by atoms with Crippen molar-refractivity contribution in [1.82, 2.24) is 5.32 Å². The van der Waals surface area contributed by atoms with Crippen LogP contribution in [0.4, 0.5) is 0 Å². The molecule has 0 aliphatic heterocycles. The number of benzene rings is 1. The van der Waals surface area contributed by atoms with E-state index in [1.54, 1.807) is 0 Å². The quantitative estimate of drug-likeness (QED) is 0.780. The first-order chi connectivity index (χ1) is 7.31. The molecule has 2 nitrogen and oxygen atoms in total. The number of nitrogens with one attached hydrogen (secondary N) is 1. The van der Waals surface area contributed by atoms with Crippen molar-refractivity contribution in [2.45, 2.75) is 24.8 Å². The third-order valence-electron chi connectivity index (χ3n) is 2.69. The highest BCUT2D eigenvalue weighted by Crippen LogP contribution is 2.40. The molecule has 2 atom stereocenters. The fourth-order valence-corrected chi connectivity index (χ4v) is 1.96. The molecule has 1 aliphatic carbocycles. The number of hydrogen-bond donors (Lipinski definition) is 1. The van der Waals surface area contributed by atoms with Gasteiger partial charge in [-0.3, -0.25) is 4.79 Å². The Morgan fingerprint density at radius 1 is 1.40 bits per heavy atom. The Morgan fingerprint density at radius 2 is 2.13 bits per heavy atom. The van der Waals surface area contributed by atoms with E-state index >= 15 is 0 Å². The van der Waals surface area contributed by atoms with E-state index in [-0.39, 0.29) is 5.91 Å². The van der Waals surface area contributed by atoms with Gasteiger partial charge in [-0.25, -0.2) is 0 Å². The standard InChI is InChI=1S/C12H14ClNO/c13-7-6-12(15)14-11-8-10(11)9-4-2-1-3-5-9/h1-5,10-11H,6-8H2,(H,14,15). The molecule has 0 radical (unpaired) electrons. The first kappa shape index (κ1) is 10.5. The number of carbonyl (C=O) groups is 1. The molecule has 1 amide bonds. The summed E-state index contributed by atoms with van der Waals surface area (Å²) in [5, 5.41) is 2.98. The zero-order chi connectivity index (χ0) is 10.7. The molecule has 80 valence electrons. The fourth-order valence-electron chi connectivity index (χ4n) is 1.79. The number of amides is 1. The van der Waals surface area contributed by atoms with Gasteiger partial charge in [-0.15, -0.1) is 11.6 Å². The third kappa shape index (κ3) is 2.72. The van der Waals surface area contributed by atoms with Crippen molar-refractivity contribution in [3.63, 3.8) is 0 Å². The Morgan fingerprint density at radius 3 is 2.80 bits per heavy atom. The maximum absolute atomic E-state index is 11.3. The van der Waals surface area contributed by atoms with Gasteiger partial charge in [0.1, 0.15) is 0 Å². The highest BCUT2D eigenvalue weighted by atomic mass is 35.5. The minimum Gasteiger partial charge on any atom is -0.353 e. The summed E-state index contributed by atoms with van der Waals surface area (Å²) < 4.78 is 0. The van der Waals surface area contributed by atoms with Gasteiger partial charge in [0.25, 0.3) is 0 Å². The molecule has 3 heteroatoms. The zero-order valence-corrected chi connectivity index (χ0v) is 9.20. The lowest BCUT2D eigenvalue weighted by Gasteiger charge is -2.03. The van der Waals surface area contributed by atoms with E-state index in [2.05, 4.69) is 17.4 Å². The lowest BCUT2D eigenvalue weighted by atomic mass is 10.1. The molecule has 1 fully saturated rings. The number of hydrogen-bond acceptors (Lipinski definition) is 1. The second-order valence-electron chi connectivity index (χ2n) is 3.87. The van der Waals surface area contributed by atoms with Crippen molar-refractivity contribution in [2.24, 2.45) is 0 Å². The van der Waals surface area contributed by atoms with Crippen molar-refractivity contribution in [2.75, 3.05) is 5.88 Å². The Bertz CT molecular complexity index is 339. The van der Waals surface area contributed by atoms with Crippen LogP contribution in [0.2, 0.25) is 0 Å². The van der Waals surface area contributed by atoms with Crippen molar-refractivity contribution < 1.29 is 4.79 Å². The van der Waals surface area contributed by atoms with Crippen molar-refractivity contribution in [3.05, 3.63) is 35.9 Å². The number of alkyl halides is 1. The van der Waals surface area contributed by atoms with Gasteiger partial charge in [-0.1, -0.05) is 30.3 Å². The number of rotatable bonds is 4. The molecule has 0 spiro atoms. The molecule has 1 aliphatic rings. The van der Waals surface area contributed by atoms with Gasteiger partial charge in [-0.05, 0) is 12.0 Å². The molecular formula is C12H14ClNO. The second kappa shape index (κ2) is 4.67. The molecule has 0 aromatic heterocycles. The van der Waals surface area contributed by atoms with E-state index in [0.717, 1.165) is 6.42 Å². The summed E-state index contributed by atoms with van der Waals surface area (Å²) in [6.07, 6.45) is 1.47. The van der Waals surface area contributed by atoms with Gasteiger partial charge in [0.05, 0.1) is 0 Å². The normalized spacial score (nSPS) is 23.5. The van der Waals surface area contributed by atoms with Crippen LogP contribution >= 0.6 is 11.6 Å². The predicted molar refractivity (Wildman–Crippen MR) is 61.1 cm³/mol. The highest BCUT2D eigenvalue weighted by Gasteiger charge is 2.38. The Balaban J connectivity index is 1.84. The molecule has 0 bridgehead atoms. The summed E-state index contributed by atoms with van der Waals surface area (Å²) in [5.41, 5.74) is 1.31. The van der Waals surface area contributed by atoms with Crippen molar-refractivity contribution in [1.29, 1.82) is 0 Å². The molecule has 0 heterocycles. The first-order valence-corrected chi connectivity index (χ1v) is 5.75. The van der Waals surface area contributed by atoms with Gasteiger partial charge in [0.15, 0.2) is 0 Å². The summed E-state index contributed by atoms with van der Waals surface area (Å²) in [5.74, 6) is 0.966. The Hall–Kier alpha value is -1.02. The molecule has 15 heavy (non-hydrogen) atoms. The molecule has 1 N–H and O–H groups in total. The van der Waals surface area contributed by atoms with E-state index in [1.165, 1.54) is 5.56 Å². The average Bonchev–Trinajstić information content (AvgIpc) is 2.99. The van der Waals surface area contributed by atoms with Crippen LogP contribution in [-0.2, 0) is 4.79 Å². The molecule has 1 aromatic carbocycles. The maximum atomic E-state index is 11.3. The predicted octanol–water partition coefficient (Wildman–Crippen LogP) is 2.29. The van der Waals surface area contributed by atoms with E-state index in [0.29, 0.717) is 24.3 Å². The van der Waals surface area contributed by atoms with Crippen LogP contribution in [-0.4, -0.2) is 17.8 Å². The van der Waals surface area contributed by atoms with Gasteiger partial charge in [0, 0.05) is 24.3 Å². The van der Waals surface area contributed by atoms with Gasteiger partial charge in [0.2, 0.25) is 5.91 Å². The molecule has 0 saturated heterocycles. The van der Waals surface area contributed by atoms with Crippen LogP contribution < -0.4 is 5.32 Å². The topological polar surface area (TPSA) is 29.1 Å². The zero-order valence-electron chi connectivity index (χ0n) is 8.45. The lowest BCUT2D eigenvalue weighted by Crippen LogP contribution is -2.26. The Labute approximate surface area is 94.6 Å². The molecule has 2 rings (SSSR count). The summed E-state index contributed by atoms with van der Waals surface area (Å²) in [6, 6.07) is 10.6. The number of halogens is 1. The highest BCUT2D eigenvalue weighted by molar-refractivity contribution is 6.18. The molecule has 1 aromatic rings.